The minimum Gasteiger partial charge on any atom is -0.114 e. The summed E-state index contributed by atoms with van der Waals surface area (Å²) in [6, 6.07) is 0. The van der Waals surface area contributed by atoms with E-state index in [0.29, 0.717) is 0 Å². The first-order chi connectivity index (χ1) is 14.4. The van der Waals surface area contributed by atoms with Crippen molar-refractivity contribution in [1.82, 2.24) is 0 Å². The number of unbranched alkanes of at least 4 members (excludes halogenated alkanes) is 24. The van der Waals surface area contributed by atoms with Gasteiger partial charge < -0.3 is 0 Å². The molecule has 0 aromatic heterocycles. The molecule has 0 N–H and O–H groups in total. The molecule has 174 valence electrons. The minimum absolute atomic E-state index is 1.27. The van der Waals surface area contributed by atoms with E-state index in [9.17, 15) is 0 Å². The second-order valence-electron chi connectivity index (χ2n) is 9.35. The van der Waals surface area contributed by atoms with Gasteiger partial charge in [-0.25, -0.2) is 0 Å². The zero-order valence-corrected chi connectivity index (χ0v) is 21.6. The predicted octanol–water partition coefficient (Wildman–Crippen LogP) is 11.1. The summed E-state index contributed by atoms with van der Waals surface area (Å²) < 4.78 is 0. The second-order valence-corrected chi connectivity index (χ2v) is 9.73. The molecule has 0 aliphatic carbocycles. The van der Waals surface area contributed by atoms with Gasteiger partial charge in [0, 0.05) is 0 Å². The third-order valence-corrected chi connectivity index (χ3v) is 6.63. The zero-order chi connectivity index (χ0) is 21.1. The van der Waals surface area contributed by atoms with Crippen LogP contribution in [0.1, 0.15) is 167 Å². The van der Waals surface area contributed by atoms with Crippen LogP contribution in [0.15, 0.2) is 11.9 Å². The molecule has 0 aliphatic rings. The van der Waals surface area contributed by atoms with Gasteiger partial charge in [-0.3, -0.25) is 0 Å². The molecule has 0 aromatic carbocycles. The quantitative estimate of drug-likeness (QED) is 0.101. The Morgan fingerprint density at radius 3 is 0.862 bits per heavy atom. The number of hydrogen-bond donors (Lipinski definition) is 0. The van der Waals surface area contributed by atoms with Crippen LogP contribution in [0.3, 0.4) is 0 Å². The van der Waals surface area contributed by atoms with Crippen molar-refractivity contribution in [3.8, 4) is 0 Å². The Balaban J connectivity index is 2.98. The summed E-state index contributed by atoms with van der Waals surface area (Å²) in [7, 11) is 2.66. The molecule has 0 aliphatic heterocycles. The lowest BCUT2D eigenvalue weighted by atomic mass is 10.0. The molecule has 0 radical (unpaired) electrons. The van der Waals surface area contributed by atoms with Gasteiger partial charge in [0.15, 0.2) is 0 Å². The molecular weight excluding hydrogens is 367 g/mol. The third kappa shape index (κ3) is 28.2. The standard InChI is InChI=1S/C28H57P/c1-2-3-4-5-6-7-8-9-10-11-12-13-14-15-16-17-18-19-20-21-22-23-24-25-26-27-28-29/h27-28H,2-26,29H2,1H3. The van der Waals surface area contributed by atoms with Gasteiger partial charge >= 0.3 is 0 Å². The Bertz CT molecular complexity index is 297. The average Bonchev–Trinajstić information content (AvgIpc) is 2.74. The summed E-state index contributed by atoms with van der Waals surface area (Å²) in [6.45, 7) is 2.30. The van der Waals surface area contributed by atoms with E-state index < -0.39 is 0 Å². The average molecular weight is 425 g/mol. The Morgan fingerprint density at radius 2 is 0.621 bits per heavy atom. The van der Waals surface area contributed by atoms with E-state index in [1.807, 2.05) is 0 Å². The fourth-order valence-corrected chi connectivity index (χ4v) is 4.51. The van der Waals surface area contributed by atoms with Gasteiger partial charge in [-0.15, -0.1) is 9.24 Å². The Hall–Kier alpha value is 0.170. The molecule has 0 bridgehead atoms. The highest BCUT2D eigenvalue weighted by Gasteiger charge is 1.96. The molecule has 0 amide bonds. The van der Waals surface area contributed by atoms with Crippen LogP contribution in [0.5, 0.6) is 0 Å². The highest BCUT2D eigenvalue weighted by Crippen LogP contribution is 2.15. The number of allylic oxidation sites excluding steroid dienone is 1. The van der Waals surface area contributed by atoms with E-state index in [2.05, 4.69) is 28.1 Å². The van der Waals surface area contributed by atoms with Crippen molar-refractivity contribution in [3.63, 3.8) is 0 Å². The largest absolute Gasteiger partial charge is 0.114 e. The van der Waals surface area contributed by atoms with E-state index in [0.717, 1.165) is 0 Å². The van der Waals surface area contributed by atoms with Crippen LogP contribution >= 0.6 is 9.24 Å². The van der Waals surface area contributed by atoms with Gasteiger partial charge in [0.25, 0.3) is 0 Å². The normalized spacial score (nSPS) is 11.7. The van der Waals surface area contributed by atoms with Crippen LogP contribution in [-0.2, 0) is 0 Å². The zero-order valence-electron chi connectivity index (χ0n) is 20.4. The fourth-order valence-electron chi connectivity index (χ4n) is 4.32. The van der Waals surface area contributed by atoms with Crippen molar-refractivity contribution in [2.24, 2.45) is 0 Å². The van der Waals surface area contributed by atoms with Gasteiger partial charge in [-0.1, -0.05) is 166 Å². The molecule has 1 unspecified atom stereocenters. The van der Waals surface area contributed by atoms with Crippen LogP contribution in [0, 0.1) is 0 Å². The highest BCUT2D eigenvalue weighted by molar-refractivity contribution is 7.20. The van der Waals surface area contributed by atoms with Crippen molar-refractivity contribution in [2.75, 3.05) is 0 Å². The number of hydrogen-bond acceptors (Lipinski definition) is 0. The lowest BCUT2D eigenvalue weighted by molar-refractivity contribution is 0.517. The van der Waals surface area contributed by atoms with Crippen LogP contribution in [-0.4, -0.2) is 0 Å². The van der Waals surface area contributed by atoms with Gasteiger partial charge in [0.05, 0.1) is 0 Å². The van der Waals surface area contributed by atoms with E-state index in [1.54, 1.807) is 0 Å². The first-order valence-corrected chi connectivity index (χ1v) is 14.4. The third-order valence-electron chi connectivity index (χ3n) is 6.36. The molecule has 0 nitrogen and oxygen atoms in total. The van der Waals surface area contributed by atoms with Crippen molar-refractivity contribution in [2.45, 2.75) is 167 Å². The van der Waals surface area contributed by atoms with Gasteiger partial charge in [0.1, 0.15) is 0 Å². The Labute approximate surface area is 188 Å². The SMILES string of the molecule is CCCCCCCCCCCCCCCCCCCCCCCCCCC=CP. The molecule has 0 saturated heterocycles. The van der Waals surface area contributed by atoms with E-state index in [4.69, 9.17) is 0 Å². The number of rotatable bonds is 25. The van der Waals surface area contributed by atoms with Crippen molar-refractivity contribution in [3.05, 3.63) is 11.9 Å². The summed E-state index contributed by atoms with van der Waals surface area (Å²) in [4.78, 5) is 0. The predicted molar refractivity (Wildman–Crippen MR) is 140 cm³/mol. The summed E-state index contributed by atoms with van der Waals surface area (Å²) in [5.74, 6) is 2.10. The van der Waals surface area contributed by atoms with Crippen LogP contribution in [0.4, 0.5) is 0 Å². The van der Waals surface area contributed by atoms with Gasteiger partial charge in [-0.2, -0.15) is 0 Å². The van der Waals surface area contributed by atoms with E-state index in [1.165, 1.54) is 161 Å². The molecule has 1 atom stereocenters. The van der Waals surface area contributed by atoms with Crippen molar-refractivity contribution in [1.29, 1.82) is 0 Å². The molecule has 0 fully saturated rings. The molecule has 0 saturated carbocycles. The molecule has 1 heteroatoms. The summed E-state index contributed by atoms with van der Waals surface area (Å²) in [6.07, 6.45) is 38.8. The minimum atomic E-state index is 1.27. The Kier molecular flexibility index (Phi) is 28.3. The lowest BCUT2D eigenvalue weighted by Crippen LogP contribution is -1.84. The molecule has 0 heterocycles. The molecule has 29 heavy (non-hydrogen) atoms. The fraction of sp³-hybridized carbons (Fsp3) is 0.929. The van der Waals surface area contributed by atoms with Gasteiger partial charge in [-0.05, 0) is 12.8 Å². The molecule has 0 rings (SSSR count). The molecular formula is C28H57P. The molecule has 0 spiro atoms. The monoisotopic (exact) mass is 424 g/mol. The van der Waals surface area contributed by atoms with Crippen LogP contribution < -0.4 is 0 Å². The van der Waals surface area contributed by atoms with Crippen LogP contribution in [0.2, 0.25) is 0 Å². The van der Waals surface area contributed by atoms with Crippen molar-refractivity contribution >= 4 is 9.24 Å². The first kappa shape index (κ1) is 29.2. The van der Waals surface area contributed by atoms with Crippen LogP contribution in [0.25, 0.3) is 0 Å². The van der Waals surface area contributed by atoms with E-state index in [-0.39, 0.29) is 0 Å². The summed E-state index contributed by atoms with van der Waals surface area (Å²) in [5, 5.41) is 0. The van der Waals surface area contributed by atoms with E-state index >= 15 is 0 Å². The first-order valence-electron chi connectivity index (χ1n) is 13.8. The lowest BCUT2D eigenvalue weighted by Gasteiger charge is -2.04. The maximum Gasteiger partial charge on any atom is -0.0347 e. The Morgan fingerprint density at radius 1 is 0.379 bits per heavy atom. The second kappa shape index (κ2) is 28.2. The van der Waals surface area contributed by atoms with Gasteiger partial charge in [0.2, 0.25) is 0 Å². The smallest absolute Gasteiger partial charge is 0.0347 e. The molecule has 0 aromatic rings. The topological polar surface area (TPSA) is 0 Å². The van der Waals surface area contributed by atoms with Crippen molar-refractivity contribution < 1.29 is 0 Å². The maximum absolute atomic E-state index is 2.66. The maximum atomic E-state index is 2.66. The summed E-state index contributed by atoms with van der Waals surface area (Å²) >= 11 is 0. The summed E-state index contributed by atoms with van der Waals surface area (Å²) in [5.41, 5.74) is 0. The highest BCUT2D eigenvalue weighted by atomic mass is 31.0.